The molecule has 0 radical (unpaired) electrons. The van der Waals surface area contributed by atoms with E-state index in [9.17, 15) is 14.4 Å². The van der Waals surface area contributed by atoms with Crippen molar-refractivity contribution in [2.45, 2.75) is 30.2 Å². The first-order chi connectivity index (χ1) is 18.9. The third-order valence-corrected chi connectivity index (χ3v) is 7.51. The number of nitrogens with zero attached hydrogens (tertiary/aromatic N) is 2. The zero-order chi connectivity index (χ0) is 27.8. The Balaban J connectivity index is 1.68. The lowest BCUT2D eigenvalue weighted by atomic mass is 9.99. The van der Waals surface area contributed by atoms with Gasteiger partial charge in [-0.25, -0.2) is 9.37 Å². The van der Waals surface area contributed by atoms with Crippen LogP contribution >= 0.6 is 11.8 Å². The molecule has 1 atom stereocenters. The van der Waals surface area contributed by atoms with Crippen molar-refractivity contribution in [1.82, 2.24) is 10.3 Å². The lowest BCUT2D eigenvalue weighted by molar-refractivity contribution is -0.120. The van der Waals surface area contributed by atoms with E-state index >= 15 is 0 Å². The molecule has 1 unspecified atom stereocenters. The van der Waals surface area contributed by atoms with E-state index in [-0.39, 0.29) is 5.91 Å². The van der Waals surface area contributed by atoms with Crippen molar-refractivity contribution in [3.8, 4) is 40.0 Å². The Morgan fingerprint density at radius 2 is 1.67 bits per heavy atom. The van der Waals surface area contributed by atoms with Crippen LogP contribution in [0.15, 0.2) is 83.9 Å². The number of nitrogens with one attached hydrogen (secondary N) is 1. The van der Waals surface area contributed by atoms with Gasteiger partial charge in [0, 0.05) is 17.7 Å². The lowest BCUT2D eigenvalue weighted by Crippen LogP contribution is -2.32. The monoisotopic (exact) mass is 541 g/mol. The molecule has 0 aliphatic carbocycles. The Labute approximate surface area is 231 Å². The largest absolute Gasteiger partial charge is 0.497 e. The molecular weight excluding hydrogens is 513 g/mol. The van der Waals surface area contributed by atoms with Crippen LogP contribution in [0.5, 0.6) is 11.5 Å². The first-order valence-corrected chi connectivity index (χ1v) is 13.3. The Hall–Kier alpha value is -4.35. The summed E-state index contributed by atoms with van der Waals surface area (Å²) in [7, 11) is 3.20. The third-order valence-electron chi connectivity index (χ3n) is 6.16. The van der Waals surface area contributed by atoms with Crippen LogP contribution in [-0.4, -0.2) is 30.4 Å². The number of methoxy groups -OCH3 is 2. The summed E-state index contributed by atoms with van der Waals surface area (Å²) in [5.74, 6) is 0.879. The van der Waals surface area contributed by atoms with Gasteiger partial charge in [-0.1, -0.05) is 43.0 Å². The van der Waals surface area contributed by atoms with Crippen molar-refractivity contribution >= 4 is 17.7 Å². The smallest absolute Gasteiger partial charge is 0.233 e. The van der Waals surface area contributed by atoms with E-state index in [1.807, 2.05) is 55.5 Å². The standard InChI is InChI=1S/C31H28FN3O3S/c1-4-29(30(36)34-19-20-8-12-24(37-2)13-9-20)39-31-27(18-33)26(22-6-5-7-23(32)16-22)17-28(35-31)21-10-14-25(38-3)15-11-21/h5-17,29H,4,19H2,1-3H3,(H,34,36). The fraction of sp³-hybridized carbons (Fsp3) is 0.194. The highest BCUT2D eigenvalue weighted by atomic mass is 32.2. The van der Waals surface area contributed by atoms with E-state index < -0.39 is 11.1 Å². The molecule has 39 heavy (non-hydrogen) atoms. The second kappa shape index (κ2) is 12.9. The fourth-order valence-electron chi connectivity index (χ4n) is 4.01. The molecule has 198 valence electrons. The fourth-order valence-corrected chi connectivity index (χ4v) is 5.06. The molecule has 0 spiro atoms. The Morgan fingerprint density at radius 1 is 1.00 bits per heavy atom. The number of rotatable bonds is 10. The summed E-state index contributed by atoms with van der Waals surface area (Å²) < 4.78 is 24.6. The van der Waals surface area contributed by atoms with Gasteiger partial charge in [0.1, 0.15) is 28.4 Å². The van der Waals surface area contributed by atoms with E-state index in [2.05, 4.69) is 11.4 Å². The van der Waals surface area contributed by atoms with Gasteiger partial charge in [-0.3, -0.25) is 4.79 Å². The third kappa shape index (κ3) is 6.75. The topological polar surface area (TPSA) is 84.2 Å². The van der Waals surface area contributed by atoms with Crippen LogP contribution in [-0.2, 0) is 11.3 Å². The molecule has 0 aliphatic heterocycles. The second-order valence-corrected chi connectivity index (χ2v) is 9.86. The molecule has 1 heterocycles. The van der Waals surface area contributed by atoms with Gasteiger partial charge >= 0.3 is 0 Å². The Bertz CT molecular complexity index is 1480. The number of carbonyl (C=O) groups excluding carboxylic acids is 1. The minimum atomic E-state index is -0.491. The predicted octanol–water partition coefficient (Wildman–Crippen LogP) is 6.63. The van der Waals surface area contributed by atoms with Gasteiger partial charge in [-0.2, -0.15) is 5.26 Å². The average Bonchev–Trinajstić information content (AvgIpc) is 2.98. The lowest BCUT2D eigenvalue weighted by Gasteiger charge is -2.18. The zero-order valence-corrected chi connectivity index (χ0v) is 22.7. The van der Waals surface area contributed by atoms with Crippen LogP contribution < -0.4 is 14.8 Å². The summed E-state index contributed by atoms with van der Waals surface area (Å²) in [6, 6.07) is 25.0. The number of pyridine rings is 1. The maximum Gasteiger partial charge on any atom is 0.233 e. The summed E-state index contributed by atoms with van der Waals surface area (Å²) in [6.07, 6.45) is 0.522. The molecule has 0 fully saturated rings. The van der Waals surface area contributed by atoms with E-state index in [1.165, 1.54) is 23.9 Å². The van der Waals surface area contributed by atoms with Crippen molar-refractivity contribution in [1.29, 1.82) is 5.26 Å². The summed E-state index contributed by atoms with van der Waals surface area (Å²) >= 11 is 1.23. The highest BCUT2D eigenvalue weighted by Gasteiger charge is 2.23. The molecular formula is C31H28FN3O3S. The first kappa shape index (κ1) is 27.7. The SMILES string of the molecule is CCC(Sc1nc(-c2ccc(OC)cc2)cc(-c2cccc(F)c2)c1C#N)C(=O)NCc1ccc(OC)cc1. The van der Waals surface area contributed by atoms with E-state index in [0.717, 1.165) is 16.9 Å². The van der Waals surface area contributed by atoms with Gasteiger partial charge in [0.25, 0.3) is 0 Å². The molecule has 6 nitrogen and oxygen atoms in total. The van der Waals surface area contributed by atoms with E-state index in [4.69, 9.17) is 14.5 Å². The Kier molecular flexibility index (Phi) is 9.18. The maximum atomic E-state index is 14.2. The molecule has 3 aromatic carbocycles. The van der Waals surface area contributed by atoms with E-state index in [1.54, 1.807) is 32.4 Å². The van der Waals surface area contributed by atoms with Crippen LogP contribution in [0, 0.1) is 17.1 Å². The van der Waals surface area contributed by atoms with Gasteiger partial charge in [0.2, 0.25) is 5.91 Å². The van der Waals surface area contributed by atoms with Gasteiger partial charge < -0.3 is 14.8 Å². The first-order valence-electron chi connectivity index (χ1n) is 12.4. The quantitative estimate of drug-likeness (QED) is 0.227. The molecule has 4 aromatic rings. The van der Waals surface area contributed by atoms with Crippen LogP contribution in [0.1, 0.15) is 24.5 Å². The number of carbonyl (C=O) groups is 1. The number of halogens is 1. The zero-order valence-electron chi connectivity index (χ0n) is 21.9. The summed E-state index contributed by atoms with van der Waals surface area (Å²) in [5, 5.41) is 13.1. The number of benzene rings is 3. The average molecular weight is 542 g/mol. The molecule has 8 heteroatoms. The summed E-state index contributed by atoms with van der Waals surface area (Å²) in [6.45, 7) is 2.27. The van der Waals surface area contributed by atoms with Crippen molar-refractivity contribution in [3.05, 3.63) is 95.8 Å². The van der Waals surface area contributed by atoms with Crippen molar-refractivity contribution < 1.29 is 18.7 Å². The molecule has 0 saturated carbocycles. The van der Waals surface area contributed by atoms with E-state index in [0.29, 0.717) is 46.1 Å². The minimum absolute atomic E-state index is 0.161. The second-order valence-electron chi connectivity index (χ2n) is 8.67. The van der Waals surface area contributed by atoms with Crippen LogP contribution in [0.3, 0.4) is 0 Å². The number of ether oxygens (including phenoxy) is 2. The summed E-state index contributed by atoms with van der Waals surface area (Å²) in [4.78, 5) is 18.0. The van der Waals surface area contributed by atoms with Gasteiger partial charge in [0.05, 0.1) is 30.7 Å². The molecule has 1 amide bonds. The molecule has 0 saturated heterocycles. The van der Waals surface area contributed by atoms with Crippen molar-refractivity contribution in [2.24, 2.45) is 0 Å². The highest BCUT2D eigenvalue weighted by molar-refractivity contribution is 8.00. The summed E-state index contributed by atoms with van der Waals surface area (Å²) in [5.41, 5.74) is 3.75. The molecule has 1 aromatic heterocycles. The maximum absolute atomic E-state index is 14.2. The predicted molar refractivity (Wildman–Crippen MR) is 151 cm³/mol. The van der Waals surface area contributed by atoms with Gasteiger partial charge in [0.15, 0.2) is 0 Å². The molecule has 1 N–H and O–H groups in total. The van der Waals surface area contributed by atoms with Crippen molar-refractivity contribution in [3.63, 3.8) is 0 Å². The number of nitriles is 1. The molecule has 4 rings (SSSR count). The van der Waals surface area contributed by atoms with Crippen LogP contribution in [0.25, 0.3) is 22.4 Å². The van der Waals surface area contributed by atoms with Crippen molar-refractivity contribution in [2.75, 3.05) is 14.2 Å². The normalized spacial score (nSPS) is 11.4. The number of thioether (sulfide) groups is 1. The number of hydrogen-bond donors (Lipinski definition) is 1. The van der Waals surface area contributed by atoms with Gasteiger partial charge in [-0.15, -0.1) is 0 Å². The highest BCUT2D eigenvalue weighted by Crippen LogP contribution is 2.37. The minimum Gasteiger partial charge on any atom is -0.497 e. The van der Waals surface area contributed by atoms with Crippen LogP contribution in [0.4, 0.5) is 4.39 Å². The molecule has 0 aliphatic rings. The number of amides is 1. The Morgan fingerprint density at radius 3 is 2.26 bits per heavy atom. The number of aromatic nitrogens is 1. The molecule has 0 bridgehead atoms. The van der Waals surface area contributed by atoms with Crippen LogP contribution in [0.2, 0.25) is 0 Å². The number of hydrogen-bond acceptors (Lipinski definition) is 6. The van der Waals surface area contributed by atoms with Gasteiger partial charge in [-0.05, 0) is 72.1 Å².